The normalized spacial score (nSPS) is 16.0. The van der Waals surface area contributed by atoms with E-state index in [0.29, 0.717) is 0 Å². The summed E-state index contributed by atoms with van der Waals surface area (Å²) < 4.78 is 0. The third kappa shape index (κ3) is 1.17. The number of hydrogen-bond acceptors (Lipinski definition) is 3. The lowest BCUT2D eigenvalue weighted by Gasteiger charge is -1.76. The summed E-state index contributed by atoms with van der Waals surface area (Å²) in [5.41, 5.74) is 0. The zero-order valence-electron chi connectivity index (χ0n) is 3.70. The van der Waals surface area contributed by atoms with E-state index in [1.54, 1.807) is 18.7 Å². The Kier molecular flexibility index (Phi) is 1.23. The SMILES string of the molecule is C1=CNC=NC=N1. The van der Waals surface area contributed by atoms with Gasteiger partial charge in [0.25, 0.3) is 0 Å². The molecule has 1 rings (SSSR count). The summed E-state index contributed by atoms with van der Waals surface area (Å²) in [5, 5.41) is 2.75. The van der Waals surface area contributed by atoms with Crippen LogP contribution in [0.1, 0.15) is 0 Å². The van der Waals surface area contributed by atoms with Gasteiger partial charge in [-0.25, -0.2) is 9.98 Å². The molecule has 0 aromatic heterocycles. The molecule has 0 radical (unpaired) electrons. The van der Waals surface area contributed by atoms with Crippen LogP contribution in [0.3, 0.4) is 0 Å². The monoisotopic (exact) mass is 95.0 g/mol. The first-order valence-corrected chi connectivity index (χ1v) is 1.94. The van der Waals surface area contributed by atoms with Gasteiger partial charge in [-0.1, -0.05) is 0 Å². The number of hydrogen-bond donors (Lipinski definition) is 1. The van der Waals surface area contributed by atoms with Gasteiger partial charge in [0.2, 0.25) is 0 Å². The molecule has 0 bridgehead atoms. The molecule has 0 aromatic rings. The van der Waals surface area contributed by atoms with Gasteiger partial charge in [-0.3, -0.25) is 0 Å². The first-order chi connectivity index (χ1) is 3.50. The van der Waals surface area contributed by atoms with Crippen molar-refractivity contribution in [1.82, 2.24) is 5.32 Å². The standard InChI is InChI=1S/C4H5N3/c1-2-6-4-7-3-5-1/h1-4H,(H,5,6,7). The quantitative estimate of drug-likeness (QED) is 0.455. The zero-order valence-corrected chi connectivity index (χ0v) is 3.70. The largest absolute Gasteiger partial charge is 0.351 e. The molecule has 0 aromatic carbocycles. The van der Waals surface area contributed by atoms with Crippen molar-refractivity contribution in [3.8, 4) is 0 Å². The summed E-state index contributed by atoms with van der Waals surface area (Å²) in [6.45, 7) is 0. The van der Waals surface area contributed by atoms with Crippen molar-refractivity contribution in [3.63, 3.8) is 0 Å². The average Bonchev–Trinajstić information content (AvgIpc) is 1.90. The van der Waals surface area contributed by atoms with Gasteiger partial charge in [0.1, 0.15) is 6.34 Å². The third-order valence-electron chi connectivity index (χ3n) is 0.539. The van der Waals surface area contributed by atoms with Gasteiger partial charge in [-0.15, -0.1) is 0 Å². The Morgan fingerprint density at radius 3 is 3.29 bits per heavy atom. The molecule has 0 aliphatic carbocycles. The molecule has 0 saturated heterocycles. The number of rotatable bonds is 0. The zero-order chi connectivity index (χ0) is 4.95. The van der Waals surface area contributed by atoms with Crippen molar-refractivity contribution >= 4 is 12.7 Å². The Bertz CT molecular complexity index is 109. The molecule has 3 heteroatoms. The molecule has 0 spiro atoms. The van der Waals surface area contributed by atoms with Crippen LogP contribution in [-0.4, -0.2) is 12.7 Å². The van der Waals surface area contributed by atoms with Crippen LogP contribution in [0.2, 0.25) is 0 Å². The van der Waals surface area contributed by atoms with Crippen molar-refractivity contribution in [2.24, 2.45) is 9.98 Å². The van der Waals surface area contributed by atoms with Crippen molar-refractivity contribution in [1.29, 1.82) is 0 Å². The molecule has 0 saturated carbocycles. The molecule has 0 amide bonds. The van der Waals surface area contributed by atoms with Crippen LogP contribution in [0.5, 0.6) is 0 Å². The molecule has 7 heavy (non-hydrogen) atoms. The minimum absolute atomic E-state index is 1.47. The summed E-state index contributed by atoms with van der Waals surface area (Å²) >= 11 is 0. The van der Waals surface area contributed by atoms with E-state index in [4.69, 9.17) is 0 Å². The highest BCUT2D eigenvalue weighted by Gasteiger charge is 1.68. The maximum Gasteiger partial charge on any atom is 0.117 e. The van der Waals surface area contributed by atoms with Gasteiger partial charge in [0, 0.05) is 12.4 Å². The fourth-order valence-corrected chi connectivity index (χ4v) is 0.282. The summed E-state index contributed by atoms with van der Waals surface area (Å²) in [4.78, 5) is 7.39. The Labute approximate surface area is 41.5 Å². The second kappa shape index (κ2) is 2.12. The molecular weight excluding hydrogens is 90.1 g/mol. The molecule has 1 aliphatic heterocycles. The molecule has 1 N–H and O–H groups in total. The van der Waals surface area contributed by atoms with Gasteiger partial charge < -0.3 is 5.32 Å². The predicted molar refractivity (Wildman–Crippen MR) is 29.3 cm³/mol. The van der Waals surface area contributed by atoms with Gasteiger partial charge in [-0.05, 0) is 0 Å². The lowest BCUT2D eigenvalue weighted by atomic mass is 10.9. The first-order valence-electron chi connectivity index (χ1n) is 1.94. The molecule has 0 unspecified atom stereocenters. The predicted octanol–water partition coefficient (Wildman–Crippen LogP) is 0.117. The first kappa shape index (κ1) is 4.05. The fourth-order valence-electron chi connectivity index (χ4n) is 0.282. The molecular formula is C4H5N3. The van der Waals surface area contributed by atoms with Gasteiger partial charge in [-0.2, -0.15) is 0 Å². The second-order valence-electron chi connectivity index (χ2n) is 1.03. The van der Waals surface area contributed by atoms with Crippen LogP contribution < -0.4 is 5.32 Å². The highest BCUT2D eigenvalue weighted by molar-refractivity contribution is 5.72. The third-order valence-corrected chi connectivity index (χ3v) is 0.539. The molecule has 36 valence electrons. The summed E-state index contributed by atoms with van der Waals surface area (Å²) in [7, 11) is 0. The molecule has 1 heterocycles. The highest BCUT2D eigenvalue weighted by Crippen LogP contribution is 1.71. The second-order valence-corrected chi connectivity index (χ2v) is 1.03. The van der Waals surface area contributed by atoms with Crippen LogP contribution in [0.4, 0.5) is 0 Å². The summed E-state index contributed by atoms with van der Waals surface area (Å²) in [6.07, 6.45) is 6.36. The van der Waals surface area contributed by atoms with Crippen molar-refractivity contribution in [2.45, 2.75) is 0 Å². The van der Waals surface area contributed by atoms with E-state index in [9.17, 15) is 0 Å². The van der Waals surface area contributed by atoms with Gasteiger partial charge in [0.15, 0.2) is 0 Å². The Morgan fingerprint density at radius 1 is 1.29 bits per heavy atom. The highest BCUT2D eigenvalue weighted by atomic mass is 15.0. The van der Waals surface area contributed by atoms with Gasteiger partial charge >= 0.3 is 0 Å². The van der Waals surface area contributed by atoms with E-state index in [2.05, 4.69) is 15.3 Å². The Morgan fingerprint density at radius 2 is 2.29 bits per heavy atom. The van der Waals surface area contributed by atoms with E-state index in [0.717, 1.165) is 0 Å². The van der Waals surface area contributed by atoms with Gasteiger partial charge in [0.05, 0.1) is 6.34 Å². The molecule has 0 fully saturated rings. The van der Waals surface area contributed by atoms with Crippen LogP contribution in [-0.2, 0) is 0 Å². The van der Waals surface area contributed by atoms with E-state index < -0.39 is 0 Å². The maximum atomic E-state index is 3.70. The van der Waals surface area contributed by atoms with Crippen molar-refractivity contribution in [3.05, 3.63) is 12.4 Å². The summed E-state index contributed by atoms with van der Waals surface area (Å²) in [6, 6.07) is 0. The lowest BCUT2D eigenvalue weighted by Crippen LogP contribution is -1.97. The number of nitrogens with one attached hydrogen (secondary N) is 1. The molecule has 1 aliphatic rings. The smallest absolute Gasteiger partial charge is 0.117 e. The van der Waals surface area contributed by atoms with E-state index >= 15 is 0 Å². The fraction of sp³-hybridized carbons (Fsp3) is 0. The minimum Gasteiger partial charge on any atom is -0.351 e. The van der Waals surface area contributed by atoms with Crippen molar-refractivity contribution < 1.29 is 0 Å². The van der Waals surface area contributed by atoms with Crippen LogP contribution in [0.15, 0.2) is 22.4 Å². The van der Waals surface area contributed by atoms with E-state index in [1.807, 2.05) is 0 Å². The van der Waals surface area contributed by atoms with Crippen LogP contribution in [0.25, 0.3) is 0 Å². The summed E-state index contributed by atoms with van der Waals surface area (Å²) in [5.74, 6) is 0. The molecule has 3 nitrogen and oxygen atoms in total. The number of nitrogens with zero attached hydrogens (tertiary/aromatic N) is 2. The number of aliphatic imine (C=N–C) groups is 2. The van der Waals surface area contributed by atoms with E-state index in [-0.39, 0.29) is 0 Å². The topological polar surface area (TPSA) is 36.8 Å². The maximum absolute atomic E-state index is 3.70. The lowest BCUT2D eigenvalue weighted by molar-refractivity contribution is 1.31. The van der Waals surface area contributed by atoms with E-state index in [1.165, 1.54) is 6.34 Å². The Hall–Kier alpha value is -1.12. The van der Waals surface area contributed by atoms with Crippen LogP contribution in [0, 0.1) is 0 Å². The average molecular weight is 95.1 g/mol. The van der Waals surface area contributed by atoms with Crippen LogP contribution >= 0.6 is 0 Å². The minimum atomic E-state index is 1.47. The van der Waals surface area contributed by atoms with Crippen molar-refractivity contribution in [2.75, 3.05) is 0 Å². The molecule has 0 atom stereocenters. The Balaban J connectivity index is 2.60.